The third-order valence-electron chi connectivity index (χ3n) is 4.07. The lowest BCUT2D eigenvalue weighted by atomic mass is 9.83. The number of hydrogen-bond donors (Lipinski definition) is 0. The summed E-state index contributed by atoms with van der Waals surface area (Å²) in [6, 6.07) is 4.02. The number of nitrogens with zero attached hydrogens (tertiary/aromatic N) is 1. The van der Waals surface area contributed by atoms with Gasteiger partial charge in [0.2, 0.25) is 6.08 Å². The van der Waals surface area contributed by atoms with Gasteiger partial charge in [0, 0.05) is 5.56 Å². The molecule has 0 aromatic heterocycles. The normalized spacial score (nSPS) is 17.3. The SMILES string of the molecule is COc1ccc(C)c(C)c1C1(N=C=O)CCCC1. The molecule has 1 saturated carbocycles. The maximum Gasteiger partial charge on any atom is 0.235 e. The summed E-state index contributed by atoms with van der Waals surface area (Å²) in [5.41, 5.74) is 3.04. The first-order valence-corrected chi connectivity index (χ1v) is 6.38. The summed E-state index contributed by atoms with van der Waals surface area (Å²) in [4.78, 5) is 15.0. The van der Waals surface area contributed by atoms with Gasteiger partial charge in [0.15, 0.2) is 0 Å². The number of aryl methyl sites for hydroxylation is 1. The van der Waals surface area contributed by atoms with Crippen molar-refractivity contribution >= 4 is 6.08 Å². The predicted octanol–water partition coefficient (Wildman–Crippen LogP) is 3.42. The lowest BCUT2D eigenvalue weighted by Crippen LogP contribution is -2.22. The van der Waals surface area contributed by atoms with Crippen LogP contribution in [0.3, 0.4) is 0 Å². The third kappa shape index (κ3) is 1.95. The van der Waals surface area contributed by atoms with Crippen LogP contribution in [0.5, 0.6) is 5.75 Å². The lowest BCUT2D eigenvalue weighted by Gasteiger charge is -2.27. The first-order chi connectivity index (χ1) is 8.64. The fourth-order valence-electron chi connectivity index (χ4n) is 3.00. The molecule has 0 aliphatic heterocycles. The quantitative estimate of drug-likeness (QED) is 0.604. The van der Waals surface area contributed by atoms with Gasteiger partial charge in [0.25, 0.3) is 0 Å². The van der Waals surface area contributed by atoms with E-state index >= 15 is 0 Å². The molecule has 1 fully saturated rings. The van der Waals surface area contributed by atoms with Crippen LogP contribution in [0.15, 0.2) is 17.1 Å². The number of hydrogen-bond acceptors (Lipinski definition) is 3. The molecule has 0 bridgehead atoms. The molecule has 1 aliphatic carbocycles. The molecule has 0 spiro atoms. The molecule has 0 N–H and O–H groups in total. The summed E-state index contributed by atoms with van der Waals surface area (Å²) in [7, 11) is 1.67. The fraction of sp³-hybridized carbons (Fsp3) is 0.533. The van der Waals surface area contributed by atoms with E-state index < -0.39 is 5.54 Å². The van der Waals surface area contributed by atoms with Crippen LogP contribution in [0.4, 0.5) is 0 Å². The Bertz CT molecular complexity index is 495. The second-order valence-corrected chi connectivity index (χ2v) is 5.03. The summed E-state index contributed by atoms with van der Waals surface area (Å²) in [6.45, 7) is 4.15. The molecular formula is C15H19NO2. The van der Waals surface area contributed by atoms with Crippen molar-refractivity contribution in [3.05, 3.63) is 28.8 Å². The van der Waals surface area contributed by atoms with Gasteiger partial charge in [0.05, 0.1) is 7.11 Å². The van der Waals surface area contributed by atoms with Crippen molar-refractivity contribution in [2.45, 2.75) is 45.1 Å². The Labute approximate surface area is 108 Å². The molecule has 0 unspecified atom stereocenters. The van der Waals surface area contributed by atoms with E-state index in [2.05, 4.69) is 18.8 Å². The van der Waals surface area contributed by atoms with Crippen LogP contribution >= 0.6 is 0 Å². The Hall–Kier alpha value is -1.60. The molecule has 1 aromatic rings. The standard InChI is InChI=1S/C15H19NO2/c1-11-6-7-13(18-3)14(12(11)2)15(16-10-17)8-4-5-9-15/h6-7H,4-5,8-9H2,1-3H3. The van der Waals surface area contributed by atoms with Crippen molar-refractivity contribution in [1.29, 1.82) is 0 Å². The topological polar surface area (TPSA) is 38.7 Å². The van der Waals surface area contributed by atoms with E-state index in [1.54, 1.807) is 13.2 Å². The molecule has 0 saturated heterocycles. The minimum atomic E-state index is -0.413. The van der Waals surface area contributed by atoms with Crippen molar-refractivity contribution in [3.8, 4) is 5.75 Å². The molecule has 1 aromatic carbocycles. The Kier molecular flexibility index (Phi) is 3.53. The van der Waals surface area contributed by atoms with Crippen LogP contribution < -0.4 is 4.74 Å². The van der Waals surface area contributed by atoms with Gasteiger partial charge >= 0.3 is 0 Å². The number of ether oxygens (including phenoxy) is 1. The molecule has 0 amide bonds. The number of benzene rings is 1. The average molecular weight is 245 g/mol. The van der Waals surface area contributed by atoms with E-state index in [4.69, 9.17) is 4.74 Å². The number of rotatable bonds is 3. The number of methoxy groups -OCH3 is 1. The highest BCUT2D eigenvalue weighted by Crippen LogP contribution is 2.47. The maximum absolute atomic E-state index is 10.8. The minimum Gasteiger partial charge on any atom is -0.496 e. The van der Waals surface area contributed by atoms with Gasteiger partial charge in [0.1, 0.15) is 11.3 Å². The average Bonchev–Trinajstić information content (AvgIpc) is 2.82. The summed E-state index contributed by atoms with van der Waals surface area (Å²) < 4.78 is 5.48. The smallest absolute Gasteiger partial charge is 0.235 e. The van der Waals surface area contributed by atoms with Crippen molar-refractivity contribution in [3.63, 3.8) is 0 Å². The molecular weight excluding hydrogens is 226 g/mol. The van der Waals surface area contributed by atoms with Gasteiger partial charge in [-0.1, -0.05) is 18.9 Å². The highest BCUT2D eigenvalue weighted by Gasteiger charge is 2.39. The summed E-state index contributed by atoms with van der Waals surface area (Å²) >= 11 is 0. The highest BCUT2D eigenvalue weighted by molar-refractivity contribution is 5.51. The van der Waals surface area contributed by atoms with Crippen LogP contribution in [0.25, 0.3) is 0 Å². The van der Waals surface area contributed by atoms with Crippen LogP contribution in [0, 0.1) is 13.8 Å². The van der Waals surface area contributed by atoms with Gasteiger partial charge in [-0.25, -0.2) is 4.79 Å². The third-order valence-corrected chi connectivity index (χ3v) is 4.07. The van der Waals surface area contributed by atoms with Crippen LogP contribution in [-0.2, 0) is 10.3 Å². The van der Waals surface area contributed by atoms with Crippen LogP contribution in [0.1, 0.15) is 42.4 Å². The minimum absolute atomic E-state index is 0.413. The molecule has 3 heteroatoms. The van der Waals surface area contributed by atoms with E-state index in [0.717, 1.165) is 37.0 Å². The molecule has 1 aliphatic rings. The van der Waals surface area contributed by atoms with E-state index in [1.807, 2.05) is 12.1 Å². The molecule has 96 valence electrons. The highest BCUT2D eigenvalue weighted by atomic mass is 16.5. The Morgan fingerprint density at radius 3 is 2.50 bits per heavy atom. The molecule has 0 atom stereocenters. The Balaban J connectivity index is 2.67. The van der Waals surface area contributed by atoms with E-state index in [-0.39, 0.29) is 0 Å². The van der Waals surface area contributed by atoms with Gasteiger partial charge in [-0.05, 0) is 43.9 Å². The summed E-state index contributed by atoms with van der Waals surface area (Å²) in [5, 5.41) is 0. The van der Waals surface area contributed by atoms with Crippen molar-refractivity contribution < 1.29 is 9.53 Å². The largest absolute Gasteiger partial charge is 0.496 e. The maximum atomic E-state index is 10.8. The van der Waals surface area contributed by atoms with Crippen molar-refractivity contribution in [2.24, 2.45) is 4.99 Å². The molecule has 3 nitrogen and oxygen atoms in total. The zero-order valence-corrected chi connectivity index (χ0v) is 11.2. The van der Waals surface area contributed by atoms with Crippen molar-refractivity contribution in [1.82, 2.24) is 0 Å². The second kappa shape index (κ2) is 4.95. The monoisotopic (exact) mass is 245 g/mol. The zero-order valence-electron chi connectivity index (χ0n) is 11.2. The van der Waals surface area contributed by atoms with Crippen molar-refractivity contribution in [2.75, 3.05) is 7.11 Å². The Morgan fingerprint density at radius 2 is 1.94 bits per heavy atom. The van der Waals surface area contributed by atoms with Crippen LogP contribution in [0.2, 0.25) is 0 Å². The van der Waals surface area contributed by atoms with Gasteiger partial charge in [-0.15, -0.1) is 0 Å². The predicted molar refractivity (Wildman–Crippen MR) is 70.7 cm³/mol. The van der Waals surface area contributed by atoms with Gasteiger partial charge in [-0.3, -0.25) is 0 Å². The first kappa shape index (κ1) is 12.8. The first-order valence-electron chi connectivity index (χ1n) is 6.38. The lowest BCUT2D eigenvalue weighted by molar-refractivity contribution is 0.377. The zero-order chi connectivity index (χ0) is 13.2. The van der Waals surface area contributed by atoms with Gasteiger partial charge in [-0.2, -0.15) is 4.99 Å². The molecule has 2 rings (SSSR count). The van der Waals surface area contributed by atoms with E-state index in [9.17, 15) is 4.79 Å². The molecule has 18 heavy (non-hydrogen) atoms. The van der Waals surface area contributed by atoms with Crippen LogP contribution in [-0.4, -0.2) is 13.2 Å². The second-order valence-electron chi connectivity index (χ2n) is 5.03. The number of aliphatic imine (C=N–C) groups is 1. The van der Waals surface area contributed by atoms with E-state index in [0.29, 0.717) is 0 Å². The number of carbonyl (C=O) groups excluding carboxylic acids is 1. The molecule has 0 radical (unpaired) electrons. The summed E-state index contributed by atoms with van der Waals surface area (Å²) in [5.74, 6) is 0.832. The van der Waals surface area contributed by atoms with E-state index in [1.165, 1.54) is 11.1 Å². The summed E-state index contributed by atoms with van der Waals surface area (Å²) in [6.07, 6.45) is 5.78. The fourth-order valence-corrected chi connectivity index (χ4v) is 3.00. The number of isocyanates is 1. The Morgan fingerprint density at radius 1 is 1.28 bits per heavy atom. The molecule has 0 heterocycles. The van der Waals surface area contributed by atoms with Gasteiger partial charge < -0.3 is 4.74 Å².